The van der Waals surface area contributed by atoms with Gasteiger partial charge in [-0.2, -0.15) is 0 Å². The predicted octanol–water partition coefficient (Wildman–Crippen LogP) is 5.82. The number of benzene rings is 2. The number of amides is 2. The van der Waals surface area contributed by atoms with Crippen molar-refractivity contribution in [3.63, 3.8) is 0 Å². The number of methoxy groups -OCH3 is 1. The molecule has 1 N–H and O–H groups in total. The second-order valence-corrected chi connectivity index (χ2v) is 12.9. The van der Waals surface area contributed by atoms with E-state index >= 15 is 0 Å². The van der Waals surface area contributed by atoms with Gasteiger partial charge in [0.15, 0.2) is 5.75 Å². The average molecular weight is 634 g/mol. The summed E-state index contributed by atoms with van der Waals surface area (Å²) in [6.45, 7) is 5.36. The number of piperazine rings is 1. The number of nitro groups is 1. The maximum absolute atomic E-state index is 13.7. The number of nitrogens with one attached hydrogen (secondary N) is 1. The highest BCUT2D eigenvalue weighted by Gasteiger charge is 2.44. The number of ketones is 1. The van der Waals surface area contributed by atoms with E-state index in [1.807, 2.05) is 18.2 Å². The van der Waals surface area contributed by atoms with Crippen LogP contribution in [-0.4, -0.2) is 73.8 Å². The van der Waals surface area contributed by atoms with Crippen LogP contribution < -0.4 is 19.9 Å². The van der Waals surface area contributed by atoms with E-state index in [4.69, 9.17) is 4.74 Å². The van der Waals surface area contributed by atoms with Crippen LogP contribution in [-0.2, 0) is 14.4 Å². The third kappa shape index (κ3) is 7.19. The summed E-state index contributed by atoms with van der Waals surface area (Å²) < 4.78 is 5.83. The van der Waals surface area contributed by atoms with Gasteiger partial charge in [0, 0.05) is 51.3 Å². The topological polar surface area (TPSA) is 125 Å². The summed E-state index contributed by atoms with van der Waals surface area (Å²) in [7, 11) is 1.59. The van der Waals surface area contributed by atoms with Gasteiger partial charge >= 0.3 is 0 Å². The Morgan fingerprint density at radius 3 is 2.28 bits per heavy atom. The number of para-hydroxylation sites is 3. The molecule has 11 nitrogen and oxygen atoms in total. The molecule has 0 bridgehead atoms. The molecule has 0 unspecified atom stereocenters. The average Bonchev–Trinajstić information content (AvgIpc) is 3.09. The molecular weight excluding hydrogens is 586 g/mol. The minimum Gasteiger partial charge on any atom is -0.492 e. The zero-order valence-corrected chi connectivity index (χ0v) is 27.2. The fourth-order valence-corrected chi connectivity index (χ4v) is 7.44. The van der Waals surface area contributed by atoms with Crippen molar-refractivity contribution >= 4 is 40.3 Å². The molecular formula is C35H47N5O6. The molecule has 11 heteroatoms. The molecule has 1 saturated heterocycles. The molecule has 0 radical (unpaired) electrons. The molecule has 1 aliphatic heterocycles. The Morgan fingerprint density at radius 2 is 1.63 bits per heavy atom. The van der Waals surface area contributed by atoms with Gasteiger partial charge in [-0.1, -0.05) is 56.7 Å². The van der Waals surface area contributed by atoms with Crippen molar-refractivity contribution in [2.75, 3.05) is 61.5 Å². The summed E-state index contributed by atoms with van der Waals surface area (Å²) in [5, 5.41) is 14.9. The first-order valence-corrected chi connectivity index (χ1v) is 16.8. The van der Waals surface area contributed by atoms with E-state index in [-0.39, 0.29) is 29.2 Å². The maximum atomic E-state index is 13.7. The van der Waals surface area contributed by atoms with Gasteiger partial charge in [-0.3, -0.25) is 29.4 Å². The lowest BCUT2D eigenvalue weighted by atomic mass is 9.70. The second kappa shape index (κ2) is 15.1. The van der Waals surface area contributed by atoms with Gasteiger partial charge in [-0.25, -0.2) is 0 Å². The van der Waals surface area contributed by atoms with Crippen LogP contribution in [0.15, 0.2) is 42.5 Å². The number of anilines is 3. The van der Waals surface area contributed by atoms with Crippen LogP contribution in [0, 0.1) is 21.4 Å². The van der Waals surface area contributed by atoms with E-state index in [0.717, 1.165) is 70.1 Å². The molecule has 2 saturated carbocycles. The molecule has 5 rings (SSSR count). The van der Waals surface area contributed by atoms with Crippen molar-refractivity contribution < 1.29 is 24.0 Å². The van der Waals surface area contributed by atoms with Crippen LogP contribution in [0.5, 0.6) is 5.75 Å². The molecule has 2 aromatic carbocycles. The van der Waals surface area contributed by atoms with Crippen LogP contribution in [0.1, 0.15) is 71.1 Å². The molecule has 248 valence electrons. The van der Waals surface area contributed by atoms with Crippen molar-refractivity contribution in [2.45, 2.75) is 71.1 Å². The number of rotatable bonds is 11. The highest BCUT2D eigenvalue weighted by atomic mass is 16.6. The van der Waals surface area contributed by atoms with E-state index in [0.29, 0.717) is 56.1 Å². The maximum Gasteiger partial charge on any atom is 0.292 e. The third-order valence-corrected chi connectivity index (χ3v) is 10.2. The third-order valence-electron chi connectivity index (χ3n) is 10.2. The number of carbonyl (C=O) groups excluding carboxylic acids is 3. The quantitative estimate of drug-likeness (QED) is 0.187. The smallest absolute Gasteiger partial charge is 0.292 e. The molecule has 0 aromatic heterocycles. The fraction of sp³-hybridized carbons (Fsp3) is 0.571. The Bertz CT molecular complexity index is 1410. The Kier molecular flexibility index (Phi) is 10.9. The van der Waals surface area contributed by atoms with Gasteiger partial charge in [-0.05, 0) is 50.8 Å². The molecule has 1 heterocycles. The van der Waals surface area contributed by atoms with Crippen molar-refractivity contribution in [1.82, 2.24) is 4.90 Å². The largest absolute Gasteiger partial charge is 0.492 e. The molecule has 2 amide bonds. The first kappa shape index (κ1) is 33.4. The van der Waals surface area contributed by atoms with Crippen molar-refractivity contribution in [3.8, 4) is 5.75 Å². The van der Waals surface area contributed by atoms with Gasteiger partial charge < -0.3 is 19.9 Å². The van der Waals surface area contributed by atoms with Gasteiger partial charge in [0.25, 0.3) is 5.69 Å². The number of hydrogen-bond donors (Lipinski definition) is 1. The van der Waals surface area contributed by atoms with Crippen LogP contribution >= 0.6 is 0 Å². The molecule has 0 atom stereocenters. The van der Waals surface area contributed by atoms with Crippen molar-refractivity contribution in [1.29, 1.82) is 0 Å². The van der Waals surface area contributed by atoms with Crippen LogP contribution in [0.25, 0.3) is 0 Å². The summed E-state index contributed by atoms with van der Waals surface area (Å²) in [6.07, 6.45) is 8.69. The van der Waals surface area contributed by atoms with Crippen molar-refractivity contribution in [3.05, 3.63) is 52.6 Å². The summed E-state index contributed by atoms with van der Waals surface area (Å²) in [4.78, 5) is 57.5. The zero-order chi connectivity index (χ0) is 32.7. The molecule has 0 spiro atoms. The lowest BCUT2D eigenvalue weighted by Gasteiger charge is -2.38. The monoisotopic (exact) mass is 633 g/mol. The van der Waals surface area contributed by atoms with E-state index in [2.05, 4.69) is 15.1 Å². The Labute approximate surface area is 271 Å². The lowest BCUT2D eigenvalue weighted by Crippen LogP contribution is -2.50. The van der Waals surface area contributed by atoms with E-state index < -0.39 is 10.3 Å². The first-order chi connectivity index (χ1) is 22.2. The summed E-state index contributed by atoms with van der Waals surface area (Å²) in [5.74, 6) is 0.104. The first-order valence-electron chi connectivity index (χ1n) is 16.8. The van der Waals surface area contributed by atoms with Gasteiger partial charge in [0.05, 0.1) is 23.4 Å². The molecule has 3 fully saturated rings. The summed E-state index contributed by atoms with van der Waals surface area (Å²) >= 11 is 0. The van der Waals surface area contributed by atoms with E-state index in [9.17, 15) is 24.5 Å². The highest BCUT2D eigenvalue weighted by molar-refractivity contribution is 6.11. The number of nitro benzene ring substituents is 1. The molecule has 46 heavy (non-hydrogen) atoms. The second-order valence-electron chi connectivity index (χ2n) is 12.9. The number of Topliss-reactive ketones (excluding diaryl/α,β-unsaturated/α-hetero) is 1. The number of nitrogens with zero attached hydrogens (tertiary/aromatic N) is 4. The van der Waals surface area contributed by atoms with Crippen LogP contribution in [0.3, 0.4) is 0 Å². The number of carbonyl (C=O) groups is 3. The summed E-state index contributed by atoms with van der Waals surface area (Å²) in [5.41, 5.74) is 0.755. The molecule has 3 aliphatic rings. The number of hydrogen-bond acceptors (Lipinski definition) is 8. The van der Waals surface area contributed by atoms with E-state index in [1.54, 1.807) is 30.2 Å². The Balaban J connectivity index is 1.26. The lowest BCUT2D eigenvalue weighted by molar-refractivity contribution is -0.384. The minimum atomic E-state index is -0.989. The van der Waals surface area contributed by atoms with Crippen LogP contribution in [0.4, 0.5) is 22.7 Å². The van der Waals surface area contributed by atoms with Crippen LogP contribution in [0.2, 0.25) is 0 Å². The van der Waals surface area contributed by atoms with E-state index in [1.165, 1.54) is 13.0 Å². The Hall–Kier alpha value is -3.99. The fourth-order valence-electron chi connectivity index (χ4n) is 7.44. The predicted molar refractivity (Wildman–Crippen MR) is 179 cm³/mol. The summed E-state index contributed by atoms with van der Waals surface area (Å²) in [6, 6.07) is 12.2. The van der Waals surface area contributed by atoms with Gasteiger partial charge in [0.2, 0.25) is 11.8 Å². The standard InChI is InChI=1S/C35H47N5O6/c1-26(41)35(18-9-4-10-19-35)34(43)36-28-14-11-17-31(32(28)46-2)38-23-20-37(21-24-38)22-25-39(33(42)27-12-5-3-6-13-27)29-15-7-8-16-30(29)40(44)45/h7-8,11,14-17,27H,3-6,9-10,12-13,18-25H2,1-2H3,(H,36,43). The molecule has 2 aromatic rings. The SMILES string of the molecule is COc1c(NC(=O)C2(C(C)=O)CCCCC2)cccc1N1CCN(CCN(C(=O)C2CCCCC2)c2ccccc2[N+](=O)[O-])CC1. The van der Waals surface area contributed by atoms with Gasteiger partial charge in [0.1, 0.15) is 16.9 Å². The molecule has 2 aliphatic carbocycles. The minimum absolute atomic E-state index is 0.0176. The zero-order valence-electron chi connectivity index (χ0n) is 27.2. The Morgan fingerprint density at radius 1 is 0.957 bits per heavy atom. The highest BCUT2D eigenvalue weighted by Crippen LogP contribution is 2.41. The normalized spacial score (nSPS) is 18.9. The number of ether oxygens (including phenoxy) is 1. The van der Waals surface area contributed by atoms with Crippen molar-refractivity contribution in [2.24, 2.45) is 11.3 Å². The van der Waals surface area contributed by atoms with Gasteiger partial charge in [-0.15, -0.1) is 0 Å².